The number of rotatable bonds is 2. The van der Waals surface area contributed by atoms with Gasteiger partial charge in [0.1, 0.15) is 0 Å². The van der Waals surface area contributed by atoms with E-state index in [0.717, 1.165) is 25.2 Å². The van der Waals surface area contributed by atoms with Gasteiger partial charge in [-0.1, -0.05) is 24.3 Å². The number of hydrogen-bond donors (Lipinski definition) is 0. The van der Waals surface area contributed by atoms with Gasteiger partial charge in [0.05, 0.1) is 17.7 Å². The van der Waals surface area contributed by atoms with Gasteiger partial charge in [0, 0.05) is 31.2 Å². The van der Waals surface area contributed by atoms with Crippen LogP contribution < -0.4 is 0 Å². The molecule has 1 aliphatic heterocycles. The molecule has 0 amide bonds. The van der Waals surface area contributed by atoms with Crippen molar-refractivity contribution in [2.24, 2.45) is 0 Å². The van der Waals surface area contributed by atoms with Crippen LogP contribution in [-0.4, -0.2) is 35.2 Å². The number of hydrogen-bond acceptors (Lipinski definition) is 3. The first-order valence-electron chi connectivity index (χ1n) is 6.93. The number of ether oxygens (including phenoxy) is 1. The second-order valence-electron chi connectivity index (χ2n) is 5.44. The first-order valence-corrected chi connectivity index (χ1v) is 6.93. The molecule has 1 saturated heterocycles. The number of aromatic nitrogens is 1. The molecule has 2 atom stereocenters. The van der Waals surface area contributed by atoms with Gasteiger partial charge in [-0.2, -0.15) is 0 Å². The van der Waals surface area contributed by atoms with Gasteiger partial charge in [-0.3, -0.25) is 9.88 Å². The average molecular weight is 256 g/mol. The van der Waals surface area contributed by atoms with Crippen LogP contribution in [0.15, 0.2) is 36.5 Å². The van der Waals surface area contributed by atoms with Crippen LogP contribution in [0, 0.1) is 0 Å². The van der Waals surface area contributed by atoms with Crippen LogP contribution in [-0.2, 0) is 11.3 Å². The zero-order chi connectivity index (χ0) is 13.2. The van der Waals surface area contributed by atoms with Crippen molar-refractivity contribution >= 4 is 10.9 Å². The molecule has 100 valence electrons. The van der Waals surface area contributed by atoms with Crippen LogP contribution in [0.2, 0.25) is 0 Å². The standard InChI is InChI=1S/C16H20N2O/c1-12-9-18(10-13(2)19-12)11-15-6-3-5-14-7-4-8-17-16(14)15/h3-8,12-13H,9-11H2,1-2H3/t12-,13+. The number of para-hydroxylation sites is 1. The molecule has 1 fully saturated rings. The number of pyridine rings is 1. The Kier molecular flexibility index (Phi) is 3.49. The third-order valence-corrected chi connectivity index (χ3v) is 3.61. The maximum absolute atomic E-state index is 5.78. The summed E-state index contributed by atoms with van der Waals surface area (Å²) < 4.78 is 5.78. The molecule has 3 rings (SSSR count). The quantitative estimate of drug-likeness (QED) is 0.826. The second-order valence-corrected chi connectivity index (χ2v) is 5.44. The second kappa shape index (κ2) is 5.27. The summed E-state index contributed by atoms with van der Waals surface area (Å²) >= 11 is 0. The Morgan fingerprint density at radius 2 is 1.89 bits per heavy atom. The van der Waals surface area contributed by atoms with Gasteiger partial charge >= 0.3 is 0 Å². The minimum atomic E-state index is 0.312. The highest BCUT2D eigenvalue weighted by molar-refractivity contribution is 5.81. The van der Waals surface area contributed by atoms with Crippen molar-refractivity contribution in [2.45, 2.75) is 32.6 Å². The van der Waals surface area contributed by atoms with E-state index in [0.29, 0.717) is 12.2 Å². The molecule has 2 aromatic rings. The molecule has 1 aliphatic rings. The van der Waals surface area contributed by atoms with E-state index in [1.165, 1.54) is 10.9 Å². The highest BCUT2D eigenvalue weighted by Gasteiger charge is 2.22. The van der Waals surface area contributed by atoms with E-state index in [1.54, 1.807) is 0 Å². The van der Waals surface area contributed by atoms with Gasteiger partial charge in [0.2, 0.25) is 0 Å². The van der Waals surface area contributed by atoms with E-state index < -0.39 is 0 Å². The van der Waals surface area contributed by atoms with Gasteiger partial charge in [0.15, 0.2) is 0 Å². The van der Waals surface area contributed by atoms with Crippen LogP contribution >= 0.6 is 0 Å². The molecular weight excluding hydrogens is 236 g/mol. The van der Waals surface area contributed by atoms with E-state index >= 15 is 0 Å². The lowest BCUT2D eigenvalue weighted by Gasteiger charge is -2.35. The lowest BCUT2D eigenvalue weighted by Crippen LogP contribution is -2.44. The molecule has 0 saturated carbocycles. The number of fused-ring (bicyclic) bond motifs is 1. The van der Waals surface area contributed by atoms with Crippen molar-refractivity contribution in [3.05, 3.63) is 42.1 Å². The van der Waals surface area contributed by atoms with Crippen LogP contribution in [0.3, 0.4) is 0 Å². The molecule has 2 heterocycles. The van der Waals surface area contributed by atoms with Crippen LogP contribution in [0.25, 0.3) is 10.9 Å². The van der Waals surface area contributed by atoms with Crippen molar-refractivity contribution in [1.29, 1.82) is 0 Å². The van der Waals surface area contributed by atoms with Crippen molar-refractivity contribution in [3.63, 3.8) is 0 Å². The highest BCUT2D eigenvalue weighted by atomic mass is 16.5. The summed E-state index contributed by atoms with van der Waals surface area (Å²) in [5, 5.41) is 1.22. The van der Waals surface area contributed by atoms with E-state index in [-0.39, 0.29) is 0 Å². The number of morpholine rings is 1. The van der Waals surface area contributed by atoms with Crippen molar-refractivity contribution in [3.8, 4) is 0 Å². The Hall–Kier alpha value is -1.45. The highest BCUT2D eigenvalue weighted by Crippen LogP contribution is 2.20. The monoisotopic (exact) mass is 256 g/mol. The van der Waals surface area contributed by atoms with E-state index in [1.807, 2.05) is 12.3 Å². The average Bonchev–Trinajstić information content (AvgIpc) is 2.38. The lowest BCUT2D eigenvalue weighted by molar-refractivity contribution is -0.0704. The SMILES string of the molecule is C[C@@H]1CN(Cc2cccc3cccnc23)C[C@H](C)O1. The van der Waals surface area contributed by atoms with Gasteiger partial charge < -0.3 is 4.74 Å². The third kappa shape index (κ3) is 2.77. The first kappa shape index (κ1) is 12.6. The Balaban J connectivity index is 1.85. The zero-order valence-electron chi connectivity index (χ0n) is 11.5. The summed E-state index contributed by atoms with van der Waals surface area (Å²) in [5.41, 5.74) is 2.43. The Morgan fingerprint density at radius 3 is 2.68 bits per heavy atom. The molecular formula is C16H20N2O. The third-order valence-electron chi connectivity index (χ3n) is 3.61. The summed E-state index contributed by atoms with van der Waals surface area (Å²) in [6.07, 6.45) is 2.49. The van der Waals surface area contributed by atoms with E-state index in [4.69, 9.17) is 4.74 Å². The Morgan fingerprint density at radius 1 is 1.16 bits per heavy atom. The maximum atomic E-state index is 5.78. The molecule has 0 unspecified atom stereocenters. The minimum Gasteiger partial charge on any atom is -0.373 e. The van der Waals surface area contributed by atoms with Crippen LogP contribution in [0.4, 0.5) is 0 Å². The van der Waals surface area contributed by atoms with Crippen LogP contribution in [0.5, 0.6) is 0 Å². The fourth-order valence-corrected chi connectivity index (χ4v) is 2.95. The summed E-state index contributed by atoms with van der Waals surface area (Å²) in [4.78, 5) is 6.99. The smallest absolute Gasteiger partial charge is 0.0746 e. The topological polar surface area (TPSA) is 25.4 Å². The summed E-state index contributed by atoms with van der Waals surface area (Å²) in [5.74, 6) is 0. The number of nitrogens with zero attached hydrogens (tertiary/aromatic N) is 2. The molecule has 0 N–H and O–H groups in total. The predicted molar refractivity (Wildman–Crippen MR) is 77.0 cm³/mol. The first-order chi connectivity index (χ1) is 9.22. The van der Waals surface area contributed by atoms with Crippen molar-refractivity contribution < 1.29 is 4.74 Å². The van der Waals surface area contributed by atoms with Crippen molar-refractivity contribution in [1.82, 2.24) is 9.88 Å². The summed E-state index contributed by atoms with van der Waals surface area (Å²) in [6.45, 7) is 7.22. The fraction of sp³-hybridized carbons (Fsp3) is 0.438. The number of benzene rings is 1. The summed E-state index contributed by atoms with van der Waals surface area (Å²) in [7, 11) is 0. The molecule has 0 bridgehead atoms. The van der Waals surface area contributed by atoms with Gasteiger partial charge in [-0.25, -0.2) is 0 Å². The molecule has 0 spiro atoms. The van der Waals surface area contributed by atoms with Gasteiger partial charge in [0.25, 0.3) is 0 Å². The molecule has 0 radical (unpaired) electrons. The Bertz CT molecular complexity index is 554. The molecule has 3 nitrogen and oxygen atoms in total. The molecule has 0 aliphatic carbocycles. The largest absolute Gasteiger partial charge is 0.373 e. The predicted octanol–water partition coefficient (Wildman–Crippen LogP) is 2.84. The maximum Gasteiger partial charge on any atom is 0.0746 e. The van der Waals surface area contributed by atoms with Gasteiger partial charge in [-0.15, -0.1) is 0 Å². The van der Waals surface area contributed by atoms with Crippen molar-refractivity contribution in [2.75, 3.05) is 13.1 Å². The molecule has 1 aromatic heterocycles. The van der Waals surface area contributed by atoms with E-state index in [9.17, 15) is 0 Å². The normalized spacial score (nSPS) is 24.7. The zero-order valence-corrected chi connectivity index (χ0v) is 11.5. The Labute approximate surface area is 114 Å². The summed E-state index contributed by atoms with van der Waals surface area (Å²) in [6, 6.07) is 10.5. The fourth-order valence-electron chi connectivity index (χ4n) is 2.95. The minimum absolute atomic E-state index is 0.312. The molecule has 3 heteroatoms. The molecule has 19 heavy (non-hydrogen) atoms. The van der Waals surface area contributed by atoms with Gasteiger partial charge in [-0.05, 0) is 25.5 Å². The lowest BCUT2D eigenvalue weighted by atomic mass is 10.1. The van der Waals surface area contributed by atoms with Crippen LogP contribution in [0.1, 0.15) is 19.4 Å². The molecule has 1 aromatic carbocycles. The van der Waals surface area contributed by atoms with E-state index in [2.05, 4.69) is 48.0 Å².